The minimum atomic E-state index is -0.308. The minimum absolute atomic E-state index is 0.0953. The molecule has 19 heavy (non-hydrogen) atoms. The van der Waals surface area contributed by atoms with E-state index in [0.717, 1.165) is 18.5 Å². The number of nitrogens with zero attached hydrogens (tertiary/aromatic N) is 2. The highest BCUT2D eigenvalue weighted by Gasteiger charge is 2.23. The summed E-state index contributed by atoms with van der Waals surface area (Å²) in [6.07, 6.45) is 0.986. The van der Waals surface area contributed by atoms with Gasteiger partial charge in [0.15, 0.2) is 0 Å². The molecule has 1 aliphatic heterocycles. The van der Waals surface area contributed by atoms with Crippen LogP contribution in [0.5, 0.6) is 0 Å². The van der Waals surface area contributed by atoms with Gasteiger partial charge in [0, 0.05) is 31.1 Å². The number of alkyl halides is 1. The van der Waals surface area contributed by atoms with Crippen LogP contribution in [0.3, 0.4) is 0 Å². The van der Waals surface area contributed by atoms with Crippen molar-refractivity contribution >= 4 is 27.3 Å². The number of rotatable bonds is 3. The van der Waals surface area contributed by atoms with Gasteiger partial charge in [-0.25, -0.2) is 0 Å². The summed E-state index contributed by atoms with van der Waals surface area (Å²) in [5.41, 5.74) is 1.77. The van der Waals surface area contributed by atoms with E-state index in [2.05, 4.69) is 15.9 Å². The highest BCUT2D eigenvalue weighted by atomic mass is 79.9. The van der Waals surface area contributed by atoms with Crippen molar-refractivity contribution in [1.29, 1.82) is 0 Å². The largest absolute Gasteiger partial charge is 0.377 e. The fraction of sp³-hybridized carbons (Fsp3) is 0.538. The van der Waals surface area contributed by atoms with Gasteiger partial charge in [-0.05, 0) is 25.0 Å². The van der Waals surface area contributed by atoms with E-state index in [4.69, 9.17) is 4.74 Å². The van der Waals surface area contributed by atoms with Crippen LogP contribution in [-0.4, -0.2) is 30.7 Å². The predicted molar refractivity (Wildman–Crippen MR) is 78.0 cm³/mol. The smallest absolute Gasteiger partial charge is 0.292 e. The van der Waals surface area contributed by atoms with Crippen molar-refractivity contribution in [2.75, 3.05) is 24.6 Å². The number of halogens is 1. The second-order valence-electron chi connectivity index (χ2n) is 4.69. The van der Waals surface area contributed by atoms with Gasteiger partial charge in [-0.15, -0.1) is 0 Å². The van der Waals surface area contributed by atoms with Gasteiger partial charge in [-0.1, -0.05) is 22.0 Å². The topological polar surface area (TPSA) is 55.6 Å². The van der Waals surface area contributed by atoms with Crippen LogP contribution in [0.2, 0.25) is 0 Å². The Hall–Kier alpha value is -1.14. The van der Waals surface area contributed by atoms with E-state index >= 15 is 0 Å². The van der Waals surface area contributed by atoms with Gasteiger partial charge in [0.1, 0.15) is 5.69 Å². The third-order valence-corrected chi connectivity index (χ3v) is 3.83. The molecule has 1 atom stereocenters. The van der Waals surface area contributed by atoms with Gasteiger partial charge < -0.3 is 9.64 Å². The summed E-state index contributed by atoms with van der Waals surface area (Å²) < 4.78 is 5.58. The number of nitro benzene ring substituents is 1. The van der Waals surface area contributed by atoms with Crippen LogP contribution < -0.4 is 4.90 Å². The summed E-state index contributed by atoms with van der Waals surface area (Å²) in [6, 6.07) is 5.40. The molecular weight excluding hydrogens is 312 g/mol. The van der Waals surface area contributed by atoms with Crippen molar-refractivity contribution in [3.63, 3.8) is 0 Å². The van der Waals surface area contributed by atoms with E-state index in [1.807, 2.05) is 24.0 Å². The number of hydrogen-bond acceptors (Lipinski definition) is 4. The lowest BCUT2D eigenvalue weighted by atomic mass is 10.1. The van der Waals surface area contributed by atoms with Crippen molar-refractivity contribution in [2.45, 2.75) is 24.8 Å². The van der Waals surface area contributed by atoms with E-state index in [9.17, 15) is 10.1 Å². The number of hydrogen-bond donors (Lipinski definition) is 0. The summed E-state index contributed by atoms with van der Waals surface area (Å²) in [5.74, 6) is 0. The van der Waals surface area contributed by atoms with Gasteiger partial charge in [-0.2, -0.15) is 0 Å². The Morgan fingerprint density at radius 2 is 2.37 bits per heavy atom. The average molecular weight is 329 g/mol. The van der Waals surface area contributed by atoms with E-state index in [-0.39, 0.29) is 16.7 Å². The first-order chi connectivity index (χ1) is 9.11. The second-order valence-corrected chi connectivity index (χ2v) is 5.26. The first kappa shape index (κ1) is 14.3. The van der Waals surface area contributed by atoms with E-state index < -0.39 is 0 Å². The van der Waals surface area contributed by atoms with Gasteiger partial charge in [0.2, 0.25) is 0 Å². The molecule has 1 aliphatic rings. The Morgan fingerprint density at radius 3 is 3.05 bits per heavy atom. The predicted octanol–water partition coefficient (Wildman–Crippen LogP) is 3.10. The molecule has 1 fully saturated rings. The molecule has 0 aliphatic carbocycles. The molecule has 0 saturated carbocycles. The quantitative estimate of drug-likeness (QED) is 0.486. The lowest BCUT2D eigenvalue weighted by Crippen LogP contribution is -2.30. The van der Waals surface area contributed by atoms with Gasteiger partial charge in [0.05, 0.1) is 11.0 Å². The fourth-order valence-electron chi connectivity index (χ4n) is 2.28. The maximum atomic E-state index is 11.2. The Bertz CT molecular complexity index is 467. The van der Waals surface area contributed by atoms with Crippen molar-refractivity contribution < 1.29 is 9.66 Å². The molecule has 5 nitrogen and oxygen atoms in total. The molecule has 1 aromatic carbocycles. The molecule has 0 amide bonds. The monoisotopic (exact) mass is 328 g/mol. The molecule has 0 N–H and O–H groups in total. The van der Waals surface area contributed by atoms with Crippen molar-refractivity contribution in [3.05, 3.63) is 33.9 Å². The molecule has 104 valence electrons. The zero-order chi connectivity index (χ0) is 13.8. The number of anilines is 1. The molecule has 0 bridgehead atoms. The molecular formula is C13H17BrN2O3. The van der Waals surface area contributed by atoms with Crippen LogP contribution in [-0.2, 0) is 10.1 Å². The molecule has 1 heterocycles. The highest BCUT2D eigenvalue weighted by molar-refractivity contribution is 9.08. The van der Waals surface area contributed by atoms with E-state index in [0.29, 0.717) is 24.2 Å². The molecule has 1 aromatic rings. The lowest BCUT2D eigenvalue weighted by Gasteiger charge is -2.24. The standard InChI is InChI=1S/C13H17BrN2O3/c1-10-9-15(5-2-6-19-10)12-4-3-11(8-14)7-13(12)16(17)18/h3-4,7,10H,2,5-6,8-9H2,1H3. The summed E-state index contributed by atoms with van der Waals surface area (Å²) >= 11 is 3.33. The van der Waals surface area contributed by atoms with Gasteiger partial charge in [-0.3, -0.25) is 10.1 Å². The lowest BCUT2D eigenvalue weighted by molar-refractivity contribution is -0.384. The van der Waals surface area contributed by atoms with Crippen molar-refractivity contribution in [2.24, 2.45) is 0 Å². The second kappa shape index (κ2) is 6.34. The first-order valence-electron chi connectivity index (χ1n) is 6.31. The van der Waals surface area contributed by atoms with Crippen LogP contribution in [0, 0.1) is 10.1 Å². The van der Waals surface area contributed by atoms with Crippen LogP contribution in [0.1, 0.15) is 18.9 Å². The number of ether oxygens (including phenoxy) is 1. The van der Waals surface area contributed by atoms with Crippen LogP contribution in [0.4, 0.5) is 11.4 Å². The van der Waals surface area contributed by atoms with E-state index in [1.165, 1.54) is 0 Å². The Morgan fingerprint density at radius 1 is 1.58 bits per heavy atom. The highest BCUT2D eigenvalue weighted by Crippen LogP contribution is 2.31. The summed E-state index contributed by atoms with van der Waals surface area (Å²) in [5, 5.41) is 11.9. The van der Waals surface area contributed by atoms with Gasteiger partial charge >= 0.3 is 0 Å². The Kier molecular flexibility index (Phi) is 4.76. The molecule has 1 saturated heterocycles. The Balaban J connectivity index is 2.34. The molecule has 1 unspecified atom stereocenters. The van der Waals surface area contributed by atoms with Crippen LogP contribution in [0.25, 0.3) is 0 Å². The molecule has 0 spiro atoms. The third kappa shape index (κ3) is 3.45. The Labute approximate surface area is 120 Å². The molecule has 0 radical (unpaired) electrons. The third-order valence-electron chi connectivity index (χ3n) is 3.18. The maximum absolute atomic E-state index is 11.2. The number of nitro groups is 1. The van der Waals surface area contributed by atoms with Gasteiger partial charge in [0.25, 0.3) is 5.69 Å². The average Bonchev–Trinajstić information content (AvgIpc) is 2.62. The normalized spacial score (nSPS) is 20.1. The zero-order valence-electron chi connectivity index (χ0n) is 10.8. The van der Waals surface area contributed by atoms with Crippen molar-refractivity contribution in [1.82, 2.24) is 0 Å². The van der Waals surface area contributed by atoms with E-state index in [1.54, 1.807) is 6.07 Å². The SMILES string of the molecule is CC1CN(c2ccc(CBr)cc2[N+](=O)[O-])CCCO1. The molecule has 2 rings (SSSR count). The summed E-state index contributed by atoms with van der Waals surface area (Å²) in [6.45, 7) is 4.19. The maximum Gasteiger partial charge on any atom is 0.292 e. The fourth-order valence-corrected chi connectivity index (χ4v) is 2.63. The first-order valence-corrected chi connectivity index (χ1v) is 7.44. The van der Waals surface area contributed by atoms with Crippen LogP contribution >= 0.6 is 15.9 Å². The molecule has 0 aromatic heterocycles. The molecule has 6 heteroatoms. The number of benzene rings is 1. The van der Waals surface area contributed by atoms with Crippen LogP contribution in [0.15, 0.2) is 18.2 Å². The summed E-state index contributed by atoms with van der Waals surface area (Å²) in [4.78, 5) is 13.0. The minimum Gasteiger partial charge on any atom is -0.377 e. The summed E-state index contributed by atoms with van der Waals surface area (Å²) in [7, 11) is 0. The zero-order valence-corrected chi connectivity index (χ0v) is 12.4. The van der Waals surface area contributed by atoms with Crippen molar-refractivity contribution in [3.8, 4) is 0 Å².